The van der Waals surface area contributed by atoms with Crippen LogP contribution in [-0.4, -0.2) is 36.5 Å². The summed E-state index contributed by atoms with van der Waals surface area (Å²) in [5.74, 6) is 0.889. The number of para-hydroxylation sites is 1. The van der Waals surface area contributed by atoms with Crippen LogP contribution >= 0.6 is 0 Å². The number of nitrogens with zero attached hydrogens (tertiary/aromatic N) is 1. The van der Waals surface area contributed by atoms with Gasteiger partial charge in [0.05, 0.1) is 12.0 Å². The molecule has 0 aliphatic heterocycles. The molecule has 0 unspecified atom stereocenters. The maximum atomic E-state index is 12.5. The molecule has 0 radical (unpaired) electrons. The van der Waals surface area contributed by atoms with Gasteiger partial charge in [-0.2, -0.15) is 0 Å². The van der Waals surface area contributed by atoms with Crippen LogP contribution in [0.1, 0.15) is 33.3 Å². The Hall–Kier alpha value is -1.55. The molecule has 0 bridgehead atoms. The monoisotopic (exact) mass is 292 g/mol. The molecular formula is C17H28N2O2. The van der Waals surface area contributed by atoms with Crippen LogP contribution in [0.15, 0.2) is 24.3 Å². The van der Waals surface area contributed by atoms with E-state index in [1.807, 2.05) is 58.9 Å². The molecule has 4 heteroatoms. The molecule has 1 aromatic carbocycles. The number of rotatable bonds is 6. The minimum absolute atomic E-state index is 0.0309. The van der Waals surface area contributed by atoms with Crippen LogP contribution < -0.4 is 10.5 Å². The van der Waals surface area contributed by atoms with E-state index in [9.17, 15) is 4.79 Å². The van der Waals surface area contributed by atoms with Crippen molar-refractivity contribution in [3.8, 4) is 5.75 Å². The second kappa shape index (κ2) is 6.48. The number of likely N-dealkylation sites (N-methyl/N-ethyl adjacent to an activating group) is 1. The number of hydrogen-bond donors (Lipinski definition) is 1. The minimum Gasteiger partial charge on any atom is -0.491 e. The van der Waals surface area contributed by atoms with Gasteiger partial charge in [0.15, 0.2) is 0 Å². The predicted octanol–water partition coefficient (Wildman–Crippen LogP) is 2.60. The van der Waals surface area contributed by atoms with Crippen molar-refractivity contribution in [2.75, 3.05) is 20.2 Å². The number of amides is 1. The molecule has 0 fully saturated rings. The van der Waals surface area contributed by atoms with Crippen molar-refractivity contribution in [3.63, 3.8) is 0 Å². The summed E-state index contributed by atoms with van der Waals surface area (Å²) in [7, 11) is 1.79. The summed E-state index contributed by atoms with van der Waals surface area (Å²) < 4.78 is 5.73. The lowest BCUT2D eigenvalue weighted by molar-refractivity contribution is -0.142. The Morgan fingerprint density at radius 2 is 1.81 bits per heavy atom. The van der Waals surface area contributed by atoms with Crippen LogP contribution in [0.2, 0.25) is 0 Å². The predicted molar refractivity (Wildman–Crippen MR) is 86.4 cm³/mol. The van der Waals surface area contributed by atoms with Crippen LogP contribution in [0, 0.1) is 12.3 Å². The van der Waals surface area contributed by atoms with Crippen molar-refractivity contribution < 1.29 is 9.53 Å². The second-order valence-electron chi connectivity index (χ2n) is 6.69. The Bertz CT molecular complexity index is 490. The van der Waals surface area contributed by atoms with Gasteiger partial charge in [-0.25, -0.2) is 0 Å². The van der Waals surface area contributed by atoms with Crippen molar-refractivity contribution in [2.24, 2.45) is 11.1 Å². The zero-order valence-electron chi connectivity index (χ0n) is 14.1. The van der Waals surface area contributed by atoms with Gasteiger partial charge in [-0.3, -0.25) is 4.79 Å². The van der Waals surface area contributed by atoms with Gasteiger partial charge in [0.1, 0.15) is 12.4 Å². The molecule has 4 nitrogen and oxygen atoms in total. The Labute approximate surface area is 128 Å². The molecule has 0 aromatic heterocycles. The van der Waals surface area contributed by atoms with Gasteiger partial charge >= 0.3 is 0 Å². The minimum atomic E-state index is -0.621. The lowest BCUT2D eigenvalue weighted by Gasteiger charge is -2.39. The summed E-state index contributed by atoms with van der Waals surface area (Å²) in [5.41, 5.74) is 6.01. The Morgan fingerprint density at radius 3 is 2.33 bits per heavy atom. The quantitative estimate of drug-likeness (QED) is 0.877. The van der Waals surface area contributed by atoms with Crippen molar-refractivity contribution in [1.82, 2.24) is 4.90 Å². The molecule has 0 aliphatic carbocycles. The van der Waals surface area contributed by atoms with Crippen LogP contribution in [0.25, 0.3) is 0 Å². The molecule has 1 amide bonds. The third-order valence-electron chi connectivity index (χ3n) is 4.27. The van der Waals surface area contributed by atoms with Crippen LogP contribution in [0.4, 0.5) is 0 Å². The number of hydrogen-bond acceptors (Lipinski definition) is 3. The lowest BCUT2D eigenvalue weighted by Crippen LogP contribution is -2.56. The first-order valence-corrected chi connectivity index (χ1v) is 7.30. The fraction of sp³-hybridized carbons (Fsp3) is 0.588. The van der Waals surface area contributed by atoms with Crippen LogP contribution in [0.5, 0.6) is 5.75 Å². The summed E-state index contributed by atoms with van der Waals surface area (Å²) in [4.78, 5) is 14.2. The number of nitrogens with two attached hydrogens (primary N) is 1. The van der Waals surface area contributed by atoms with Gasteiger partial charge < -0.3 is 15.4 Å². The first kappa shape index (κ1) is 17.5. The van der Waals surface area contributed by atoms with Crippen molar-refractivity contribution in [1.29, 1.82) is 0 Å². The van der Waals surface area contributed by atoms with E-state index in [2.05, 4.69) is 0 Å². The molecule has 2 N–H and O–H groups in total. The number of aryl methyl sites for hydroxylation is 1. The number of benzene rings is 1. The van der Waals surface area contributed by atoms with E-state index in [0.717, 1.165) is 11.3 Å². The third-order valence-corrected chi connectivity index (χ3v) is 4.27. The number of carbonyl (C=O) groups is 1. The van der Waals surface area contributed by atoms with E-state index >= 15 is 0 Å². The molecular weight excluding hydrogens is 264 g/mol. The molecule has 0 saturated carbocycles. The molecule has 1 rings (SSSR count). The van der Waals surface area contributed by atoms with Crippen molar-refractivity contribution in [2.45, 2.75) is 40.2 Å². The van der Waals surface area contributed by atoms with E-state index in [0.29, 0.717) is 13.2 Å². The maximum Gasteiger partial charge on any atom is 0.229 e. The fourth-order valence-electron chi connectivity index (χ4n) is 1.87. The lowest BCUT2D eigenvalue weighted by atomic mass is 9.74. The molecule has 0 atom stereocenters. The molecule has 0 aliphatic rings. The normalized spacial score (nSPS) is 12.1. The maximum absolute atomic E-state index is 12.5. The van der Waals surface area contributed by atoms with E-state index in [4.69, 9.17) is 10.5 Å². The van der Waals surface area contributed by atoms with Crippen LogP contribution in [-0.2, 0) is 4.79 Å². The summed E-state index contributed by atoms with van der Waals surface area (Å²) >= 11 is 0. The van der Waals surface area contributed by atoms with E-state index in [1.165, 1.54) is 0 Å². The Balaban J connectivity index is 2.57. The Morgan fingerprint density at radius 1 is 1.24 bits per heavy atom. The highest BCUT2D eigenvalue weighted by molar-refractivity contribution is 5.83. The largest absolute Gasteiger partial charge is 0.491 e. The smallest absolute Gasteiger partial charge is 0.229 e. The van der Waals surface area contributed by atoms with Gasteiger partial charge in [-0.05, 0) is 46.2 Å². The summed E-state index contributed by atoms with van der Waals surface area (Å²) in [6.07, 6.45) is 0. The highest BCUT2D eigenvalue weighted by atomic mass is 16.5. The second-order valence-corrected chi connectivity index (χ2v) is 6.69. The van der Waals surface area contributed by atoms with Crippen molar-refractivity contribution in [3.05, 3.63) is 29.8 Å². The number of carbonyl (C=O) groups excluding carboxylic acids is 1. The van der Waals surface area contributed by atoms with Crippen LogP contribution in [0.3, 0.4) is 0 Å². The zero-order chi connectivity index (χ0) is 16.3. The third kappa shape index (κ3) is 4.21. The van der Waals surface area contributed by atoms with Gasteiger partial charge in [0.2, 0.25) is 5.91 Å². The van der Waals surface area contributed by atoms with Gasteiger partial charge in [-0.1, -0.05) is 18.2 Å². The Kier molecular flexibility index (Phi) is 5.40. The average molecular weight is 292 g/mol. The van der Waals surface area contributed by atoms with Crippen molar-refractivity contribution >= 4 is 5.91 Å². The van der Waals surface area contributed by atoms with E-state index in [-0.39, 0.29) is 5.91 Å². The SMILES string of the molecule is Cc1ccccc1OCCN(C)C(=O)C(C)(C)C(C)(C)N. The zero-order valence-corrected chi connectivity index (χ0v) is 14.1. The molecule has 0 spiro atoms. The molecule has 0 saturated heterocycles. The first-order chi connectivity index (χ1) is 9.57. The van der Waals surface area contributed by atoms with Gasteiger partial charge in [-0.15, -0.1) is 0 Å². The van der Waals surface area contributed by atoms with Gasteiger partial charge in [0.25, 0.3) is 0 Å². The highest BCUT2D eigenvalue weighted by Crippen LogP contribution is 2.30. The molecule has 1 aromatic rings. The highest BCUT2D eigenvalue weighted by Gasteiger charge is 2.41. The molecule has 0 heterocycles. The summed E-state index contributed by atoms with van der Waals surface area (Å²) in [6, 6.07) is 7.86. The average Bonchev–Trinajstić information content (AvgIpc) is 2.38. The molecule has 118 valence electrons. The first-order valence-electron chi connectivity index (χ1n) is 7.30. The van der Waals surface area contributed by atoms with E-state index < -0.39 is 11.0 Å². The summed E-state index contributed by atoms with van der Waals surface area (Å²) in [6.45, 7) is 10.5. The topological polar surface area (TPSA) is 55.6 Å². The van der Waals surface area contributed by atoms with Gasteiger partial charge in [0, 0.05) is 12.6 Å². The summed E-state index contributed by atoms with van der Waals surface area (Å²) in [5, 5.41) is 0. The molecule has 21 heavy (non-hydrogen) atoms. The standard InChI is InChI=1S/C17H28N2O2/c1-13-9-7-8-10-14(13)21-12-11-19(6)15(20)16(2,3)17(4,5)18/h7-10H,11-12,18H2,1-6H3. The number of ether oxygens (including phenoxy) is 1. The van der Waals surface area contributed by atoms with E-state index in [1.54, 1.807) is 11.9 Å². The fourth-order valence-corrected chi connectivity index (χ4v) is 1.87.